The van der Waals surface area contributed by atoms with Crippen molar-refractivity contribution in [3.63, 3.8) is 0 Å². The van der Waals surface area contributed by atoms with E-state index in [4.69, 9.17) is 0 Å². The minimum atomic E-state index is -3.27. The van der Waals surface area contributed by atoms with E-state index in [1.165, 1.54) is 17.6 Å². The normalized spacial score (nSPS) is 11.3. The van der Waals surface area contributed by atoms with Crippen LogP contribution in [-0.2, 0) is 9.84 Å². The molecule has 0 saturated heterocycles. The Bertz CT molecular complexity index is 1050. The van der Waals surface area contributed by atoms with Gasteiger partial charge in [-0.3, -0.25) is 15.1 Å². The summed E-state index contributed by atoms with van der Waals surface area (Å²) in [4.78, 5) is 20.9. The van der Waals surface area contributed by atoms with Gasteiger partial charge in [-0.1, -0.05) is 0 Å². The number of aromatic nitrogens is 2. The number of rotatable bonds is 4. The number of thiazole rings is 1. The lowest BCUT2D eigenvalue weighted by Gasteiger charge is -2.10. The highest BCUT2D eigenvalue weighted by Crippen LogP contribution is 2.32. The van der Waals surface area contributed by atoms with Crippen LogP contribution in [0.3, 0.4) is 0 Å². The third-order valence-electron chi connectivity index (χ3n) is 3.86. The molecule has 26 heavy (non-hydrogen) atoms. The van der Waals surface area contributed by atoms with Gasteiger partial charge < -0.3 is 0 Å². The summed E-state index contributed by atoms with van der Waals surface area (Å²) in [7, 11) is -3.27. The maximum atomic E-state index is 12.2. The van der Waals surface area contributed by atoms with Crippen LogP contribution in [0.25, 0.3) is 11.3 Å². The SMILES string of the molecule is Cc1cc(S(C)(=O)=O)cc(C)c1-c1csc(NC(=O)c2ccncc2)n1. The number of pyridine rings is 1. The summed E-state index contributed by atoms with van der Waals surface area (Å²) < 4.78 is 23.6. The first-order valence-electron chi connectivity index (χ1n) is 7.74. The molecule has 3 rings (SSSR count). The van der Waals surface area contributed by atoms with Gasteiger partial charge in [-0.05, 0) is 49.2 Å². The highest BCUT2D eigenvalue weighted by atomic mass is 32.2. The first-order valence-corrected chi connectivity index (χ1v) is 10.5. The van der Waals surface area contributed by atoms with Gasteiger partial charge in [0.15, 0.2) is 15.0 Å². The van der Waals surface area contributed by atoms with Crippen LogP contribution in [0.15, 0.2) is 46.9 Å². The fourth-order valence-electron chi connectivity index (χ4n) is 2.66. The van der Waals surface area contributed by atoms with E-state index < -0.39 is 9.84 Å². The second-order valence-corrected chi connectivity index (χ2v) is 8.81. The summed E-state index contributed by atoms with van der Waals surface area (Å²) in [6.07, 6.45) is 4.30. The van der Waals surface area contributed by atoms with Gasteiger partial charge in [0.1, 0.15) is 0 Å². The van der Waals surface area contributed by atoms with E-state index >= 15 is 0 Å². The lowest BCUT2D eigenvalue weighted by atomic mass is 10.0. The fraction of sp³-hybridized carbons (Fsp3) is 0.167. The molecular formula is C18H17N3O3S2. The summed E-state index contributed by atoms with van der Waals surface area (Å²) in [6.45, 7) is 3.71. The van der Waals surface area contributed by atoms with Crippen molar-refractivity contribution >= 4 is 32.2 Å². The van der Waals surface area contributed by atoms with Gasteiger partial charge in [-0.25, -0.2) is 13.4 Å². The molecule has 1 N–H and O–H groups in total. The van der Waals surface area contributed by atoms with Crippen LogP contribution in [0.1, 0.15) is 21.5 Å². The molecular weight excluding hydrogens is 370 g/mol. The number of benzene rings is 1. The topological polar surface area (TPSA) is 89.0 Å². The molecule has 0 bridgehead atoms. The molecule has 0 unspecified atom stereocenters. The molecule has 0 spiro atoms. The van der Waals surface area contributed by atoms with Crippen molar-refractivity contribution in [2.45, 2.75) is 18.7 Å². The highest BCUT2D eigenvalue weighted by molar-refractivity contribution is 7.90. The number of hydrogen-bond donors (Lipinski definition) is 1. The first-order chi connectivity index (χ1) is 12.3. The summed E-state index contributed by atoms with van der Waals surface area (Å²) in [5.74, 6) is -0.255. The number of aryl methyl sites for hydroxylation is 2. The van der Waals surface area contributed by atoms with Crippen molar-refractivity contribution in [3.05, 3.63) is 58.7 Å². The van der Waals surface area contributed by atoms with E-state index in [0.717, 1.165) is 16.7 Å². The van der Waals surface area contributed by atoms with Crippen molar-refractivity contribution in [1.82, 2.24) is 9.97 Å². The van der Waals surface area contributed by atoms with Gasteiger partial charge in [0.25, 0.3) is 5.91 Å². The molecule has 0 aliphatic heterocycles. The summed E-state index contributed by atoms with van der Waals surface area (Å²) in [5, 5.41) is 5.09. The number of nitrogens with zero attached hydrogens (tertiary/aromatic N) is 2. The molecule has 0 fully saturated rings. The Balaban J connectivity index is 1.90. The lowest BCUT2D eigenvalue weighted by Crippen LogP contribution is -2.11. The molecule has 2 aromatic heterocycles. The molecule has 8 heteroatoms. The van der Waals surface area contributed by atoms with Gasteiger partial charge in [-0.2, -0.15) is 0 Å². The second-order valence-electron chi connectivity index (χ2n) is 5.93. The Morgan fingerprint density at radius 2 is 1.73 bits per heavy atom. The van der Waals surface area contributed by atoms with Crippen molar-refractivity contribution in [2.75, 3.05) is 11.6 Å². The number of sulfone groups is 1. The Kier molecular flexibility index (Phi) is 4.88. The van der Waals surface area contributed by atoms with Gasteiger partial charge in [0.2, 0.25) is 0 Å². The smallest absolute Gasteiger partial charge is 0.257 e. The zero-order chi connectivity index (χ0) is 18.9. The third-order valence-corrected chi connectivity index (χ3v) is 5.71. The van der Waals surface area contributed by atoms with Crippen molar-refractivity contribution < 1.29 is 13.2 Å². The van der Waals surface area contributed by atoms with Crippen LogP contribution >= 0.6 is 11.3 Å². The number of carbonyl (C=O) groups excluding carboxylic acids is 1. The molecule has 1 aromatic carbocycles. The average Bonchev–Trinajstić information content (AvgIpc) is 3.02. The minimum Gasteiger partial charge on any atom is -0.298 e. The fourth-order valence-corrected chi connectivity index (χ4v) is 4.14. The van der Waals surface area contributed by atoms with Crippen LogP contribution in [0.4, 0.5) is 5.13 Å². The predicted molar refractivity (Wildman–Crippen MR) is 102 cm³/mol. The molecule has 0 atom stereocenters. The zero-order valence-electron chi connectivity index (χ0n) is 14.5. The van der Waals surface area contributed by atoms with Crippen molar-refractivity contribution in [3.8, 4) is 11.3 Å². The maximum absolute atomic E-state index is 12.2. The number of carbonyl (C=O) groups is 1. The van der Waals surface area contributed by atoms with Gasteiger partial charge in [0.05, 0.1) is 10.6 Å². The third kappa shape index (κ3) is 3.81. The van der Waals surface area contributed by atoms with E-state index in [1.54, 1.807) is 36.7 Å². The lowest BCUT2D eigenvalue weighted by molar-refractivity contribution is 0.102. The second kappa shape index (κ2) is 6.97. The summed E-state index contributed by atoms with van der Waals surface area (Å²) in [6, 6.07) is 6.54. The molecule has 1 amide bonds. The zero-order valence-corrected chi connectivity index (χ0v) is 16.1. The number of amides is 1. The maximum Gasteiger partial charge on any atom is 0.257 e. The molecule has 2 heterocycles. The Morgan fingerprint density at radius 1 is 1.12 bits per heavy atom. The molecule has 0 aliphatic carbocycles. The molecule has 0 aliphatic rings. The van der Waals surface area contributed by atoms with Gasteiger partial charge in [-0.15, -0.1) is 11.3 Å². The highest BCUT2D eigenvalue weighted by Gasteiger charge is 2.16. The van der Waals surface area contributed by atoms with E-state index in [-0.39, 0.29) is 10.8 Å². The van der Waals surface area contributed by atoms with Crippen LogP contribution in [0.2, 0.25) is 0 Å². The standard InChI is InChI=1S/C18H17N3O3S2/c1-11-8-14(26(3,23)24)9-12(2)16(11)15-10-25-18(20-15)21-17(22)13-4-6-19-7-5-13/h4-10H,1-3H3,(H,20,21,22). The van der Waals surface area contributed by atoms with Crippen molar-refractivity contribution in [1.29, 1.82) is 0 Å². The van der Waals surface area contributed by atoms with Crippen LogP contribution in [0.5, 0.6) is 0 Å². The Hall–Kier alpha value is -2.58. The monoisotopic (exact) mass is 387 g/mol. The van der Waals surface area contributed by atoms with E-state index in [2.05, 4.69) is 15.3 Å². The summed E-state index contributed by atoms with van der Waals surface area (Å²) >= 11 is 1.32. The molecule has 3 aromatic rings. The van der Waals surface area contributed by atoms with Crippen LogP contribution < -0.4 is 5.32 Å². The molecule has 0 radical (unpaired) electrons. The van der Waals surface area contributed by atoms with Crippen molar-refractivity contribution in [2.24, 2.45) is 0 Å². The minimum absolute atomic E-state index is 0.255. The number of hydrogen-bond acceptors (Lipinski definition) is 6. The quantitative estimate of drug-likeness (QED) is 0.740. The largest absolute Gasteiger partial charge is 0.298 e. The number of anilines is 1. The number of nitrogens with one attached hydrogen (secondary N) is 1. The molecule has 0 saturated carbocycles. The van der Waals surface area contributed by atoms with Gasteiger partial charge >= 0.3 is 0 Å². The molecule has 134 valence electrons. The Labute approximate surface area is 155 Å². The van der Waals surface area contributed by atoms with Gasteiger partial charge in [0, 0.05) is 35.2 Å². The van der Waals surface area contributed by atoms with Crippen LogP contribution in [0, 0.1) is 13.8 Å². The predicted octanol–water partition coefficient (Wildman–Crippen LogP) is 3.48. The van der Waals surface area contributed by atoms with E-state index in [9.17, 15) is 13.2 Å². The molecule has 6 nitrogen and oxygen atoms in total. The van der Waals surface area contributed by atoms with Crippen LogP contribution in [-0.4, -0.2) is 30.5 Å². The summed E-state index contributed by atoms with van der Waals surface area (Å²) in [5.41, 5.74) is 3.72. The van der Waals surface area contributed by atoms with E-state index in [0.29, 0.717) is 16.4 Å². The average molecular weight is 387 g/mol. The first kappa shape index (κ1) is 18.2. The Morgan fingerprint density at radius 3 is 2.31 bits per heavy atom. The van der Waals surface area contributed by atoms with E-state index in [1.807, 2.05) is 19.2 Å².